The standard InChI is InChI=1S/C15H20N2O2/c1-10-11(9-16-2)7-14(17-10)13-8-12(18-3)5-6-15(13)19-4/h5-8,16-17H,9H2,1-4H3. The molecule has 2 N–H and O–H groups in total. The smallest absolute Gasteiger partial charge is 0.128 e. The van der Waals surface area contributed by atoms with Gasteiger partial charge in [0.25, 0.3) is 0 Å². The fraction of sp³-hybridized carbons (Fsp3) is 0.333. The molecule has 0 unspecified atom stereocenters. The van der Waals surface area contributed by atoms with Gasteiger partial charge in [0.05, 0.1) is 14.2 Å². The summed E-state index contributed by atoms with van der Waals surface area (Å²) in [5.74, 6) is 1.65. The predicted molar refractivity (Wildman–Crippen MR) is 76.8 cm³/mol. The van der Waals surface area contributed by atoms with Gasteiger partial charge in [-0.1, -0.05) is 0 Å². The van der Waals surface area contributed by atoms with Gasteiger partial charge in [-0.25, -0.2) is 0 Å². The zero-order valence-corrected chi connectivity index (χ0v) is 11.8. The van der Waals surface area contributed by atoms with Crippen LogP contribution in [0.3, 0.4) is 0 Å². The summed E-state index contributed by atoms with van der Waals surface area (Å²) in [6, 6.07) is 7.94. The molecule has 0 atom stereocenters. The summed E-state index contributed by atoms with van der Waals surface area (Å²) >= 11 is 0. The van der Waals surface area contributed by atoms with Crippen LogP contribution in [0.1, 0.15) is 11.3 Å². The molecular weight excluding hydrogens is 240 g/mol. The highest BCUT2D eigenvalue weighted by atomic mass is 16.5. The Morgan fingerprint density at radius 2 is 1.95 bits per heavy atom. The molecule has 2 rings (SSSR count). The number of methoxy groups -OCH3 is 2. The van der Waals surface area contributed by atoms with Crippen molar-refractivity contribution in [3.8, 4) is 22.8 Å². The molecule has 102 valence electrons. The molecule has 0 fully saturated rings. The first-order valence-electron chi connectivity index (χ1n) is 6.25. The number of H-pyrrole nitrogens is 1. The minimum Gasteiger partial charge on any atom is -0.497 e. The lowest BCUT2D eigenvalue weighted by molar-refractivity contribution is 0.404. The highest BCUT2D eigenvalue weighted by Gasteiger charge is 2.11. The summed E-state index contributed by atoms with van der Waals surface area (Å²) in [4.78, 5) is 3.40. The molecule has 0 spiro atoms. The van der Waals surface area contributed by atoms with Gasteiger partial charge in [0.1, 0.15) is 11.5 Å². The Hall–Kier alpha value is -1.94. The van der Waals surface area contributed by atoms with E-state index in [9.17, 15) is 0 Å². The maximum Gasteiger partial charge on any atom is 0.128 e. The van der Waals surface area contributed by atoms with Crippen LogP contribution >= 0.6 is 0 Å². The van der Waals surface area contributed by atoms with Crippen molar-refractivity contribution < 1.29 is 9.47 Å². The third-order valence-electron chi connectivity index (χ3n) is 3.19. The van der Waals surface area contributed by atoms with Crippen molar-refractivity contribution in [2.75, 3.05) is 21.3 Å². The summed E-state index contributed by atoms with van der Waals surface area (Å²) in [7, 11) is 5.28. The number of aryl methyl sites for hydroxylation is 1. The topological polar surface area (TPSA) is 46.3 Å². The first-order valence-corrected chi connectivity index (χ1v) is 6.25. The third kappa shape index (κ3) is 2.74. The molecule has 0 saturated carbocycles. The van der Waals surface area contributed by atoms with Gasteiger partial charge in [0, 0.05) is 23.5 Å². The zero-order chi connectivity index (χ0) is 13.8. The quantitative estimate of drug-likeness (QED) is 0.869. The van der Waals surface area contributed by atoms with E-state index >= 15 is 0 Å². The van der Waals surface area contributed by atoms with Crippen LogP contribution in [-0.4, -0.2) is 26.3 Å². The molecule has 0 radical (unpaired) electrons. The van der Waals surface area contributed by atoms with Crippen LogP contribution in [-0.2, 0) is 6.54 Å². The molecule has 4 heteroatoms. The fourth-order valence-electron chi connectivity index (χ4n) is 2.14. The Morgan fingerprint density at radius 1 is 1.16 bits per heavy atom. The Labute approximate surface area is 113 Å². The molecule has 4 nitrogen and oxygen atoms in total. The summed E-state index contributed by atoms with van der Waals surface area (Å²) < 4.78 is 10.7. The third-order valence-corrected chi connectivity index (χ3v) is 3.19. The molecule has 19 heavy (non-hydrogen) atoms. The maximum atomic E-state index is 5.42. The Balaban J connectivity index is 2.47. The lowest BCUT2D eigenvalue weighted by Gasteiger charge is -2.09. The number of aromatic amines is 1. The van der Waals surface area contributed by atoms with Crippen molar-refractivity contribution in [2.45, 2.75) is 13.5 Å². The molecule has 0 saturated heterocycles. The normalized spacial score (nSPS) is 10.5. The second-order valence-corrected chi connectivity index (χ2v) is 4.43. The Kier molecular flexibility index (Phi) is 4.12. The number of nitrogens with one attached hydrogen (secondary N) is 2. The molecule has 0 amide bonds. The maximum absolute atomic E-state index is 5.42. The SMILES string of the molecule is CNCc1cc(-c2cc(OC)ccc2OC)[nH]c1C. The van der Waals surface area contributed by atoms with E-state index in [1.54, 1.807) is 14.2 Å². The van der Waals surface area contributed by atoms with Crippen LogP contribution in [0.2, 0.25) is 0 Å². The van der Waals surface area contributed by atoms with Gasteiger partial charge in [-0.3, -0.25) is 0 Å². The number of rotatable bonds is 5. The molecular formula is C15H20N2O2. The lowest BCUT2D eigenvalue weighted by Crippen LogP contribution is -2.04. The highest BCUT2D eigenvalue weighted by Crippen LogP contribution is 2.33. The number of aromatic nitrogens is 1. The minimum atomic E-state index is 0.818. The number of hydrogen-bond acceptors (Lipinski definition) is 3. The molecule has 0 aliphatic rings. The van der Waals surface area contributed by atoms with E-state index in [0.29, 0.717) is 0 Å². The van der Waals surface area contributed by atoms with Gasteiger partial charge < -0.3 is 19.8 Å². The molecule has 2 aromatic rings. The van der Waals surface area contributed by atoms with Crippen molar-refractivity contribution in [1.82, 2.24) is 10.3 Å². The first-order chi connectivity index (χ1) is 9.19. The molecule has 1 aromatic carbocycles. The van der Waals surface area contributed by atoms with Crippen LogP contribution in [0.5, 0.6) is 11.5 Å². The van der Waals surface area contributed by atoms with E-state index in [0.717, 1.165) is 35.0 Å². The van der Waals surface area contributed by atoms with Crippen molar-refractivity contribution in [3.63, 3.8) is 0 Å². The second-order valence-electron chi connectivity index (χ2n) is 4.43. The summed E-state index contributed by atoms with van der Waals surface area (Å²) in [5, 5.41) is 3.16. The van der Waals surface area contributed by atoms with Crippen LogP contribution < -0.4 is 14.8 Å². The van der Waals surface area contributed by atoms with E-state index in [2.05, 4.69) is 23.3 Å². The lowest BCUT2D eigenvalue weighted by atomic mass is 10.1. The highest BCUT2D eigenvalue weighted by molar-refractivity contribution is 5.70. The van der Waals surface area contributed by atoms with Crippen molar-refractivity contribution in [2.24, 2.45) is 0 Å². The van der Waals surface area contributed by atoms with Crippen LogP contribution in [0.4, 0.5) is 0 Å². The Morgan fingerprint density at radius 3 is 2.58 bits per heavy atom. The van der Waals surface area contributed by atoms with Crippen molar-refractivity contribution in [1.29, 1.82) is 0 Å². The van der Waals surface area contributed by atoms with E-state index < -0.39 is 0 Å². The van der Waals surface area contributed by atoms with E-state index in [1.165, 1.54) is 5.56 Å². The average molecular weight is 260 g/mol. The molecule has 0 bridgehead atoms. The number of hydrogen-bond donors (Lipinski definition) is 2. The summed E-state index contributed by atoms with van der Waals surface area (Å²) in [5.41, 5.74) is 4.46. The second kappa shape index (κ2) is 5.80. The van der Waals surface area contributed by atoms with Gasteiger partial charge in [-0.2, -0.15) is 0 Å². The van der Waals surface area contributed by atoms with Gasteiger partial charge in [-0.05, 0) is 43.8 Å². The minimum absolute atomic E-state index is 0.818. The molecule has 0 aliphatic carbocycles. The first kappa shape index (κ1) is 13.5. The monoisotopic (exact) mass is 260 g/mol. The van der Waals surface area contributed by atoms with E-state index in [-0.39, 0.29) is 0 Å². The van der Waals surface area contributed by atoms with E-state index in [4.69, 9.17) is 9.47 Å². The summed E-state index contributed by atoms with van der Waals surface area (Å²) in [6.07, 6.45) is 0. The predicted octanol–water partition coefficient (Wildman–Crippen LogP) is 2.73. The largest absolute Gasteiger partial charge is 0.497 e. The molecule has 1 heterocycles. The van der Waals surface area contributed by atoms with E-state index in [1.807, 2.05) is 25.2 Å². The van der Waals surface area contributed by atoms with Gasteiger partial charge in [0.2, 0.25) is 0 Å². The van der Waals surface area contributed by atoms with Gasteiger partial charge in [0.15, 0.2) is 0 Å². The van der Waals surface area contributed by atoms with Crippen LogP contribution in [0.25, 0.3) is 11.3 Å². The fourth-order valence-corrected chi connectivity index (χ4v) is 2.14. The van der Waals surface area contributed by atoms with Crippen molar-refractivity contribution in [3.05, 3.63) is 35.5 Å². The van der Waals surface area contributed by atoms with Crippen LogP contribution in [0, 0.1) is 6.92 Å². The van der Waals surface area contributed by atoms with Gasteiger partial charge >= 0.3 is 0 Å². The Bertz CT molecular complexity index is 561. The number of benzene rings is 1. The zero-order valence-electron chi connectivity index (χ0n) is 11.8. The van der Waals surface area contributed by atoms with Crippen LogP contribution in [0.15, 0.2) is 24.3 Å². The average Bonchev–Trinajstić information content (AvgIpc) is 2.80. The van der Waals surface area contributed by atoms with Gasteiger partial charge in [-0.15, -0.1) is 0 Å². The van der Waals surface area contributed by atoms with Crippen molar-refractivity contribution >= 4 is 0 Å². The summed E-state index contributed by atoms with van der Waals surface area (Å²) in [6.45, 7) is 2.91. The molecule has 0 aliphatic heterocycles. The molecule has 1 aromatic heterocycles. The number of ether oxygens (including phenoxy) is 2.